The zero-order chi connectivity index (χ0) is 20.7. The largest absolute Gasteiger partial charge is 0.368 e. The van der Waals surface area contributed by atoms with Crippen LogP contribution < -0.4 is 0 Å². The third-order valence-electron chi connectivity index (χ3n) is 6.27. The fourth-order valence-corrected chi connectivity index (χ4v) is 4.41. The van der Waals surface area contributed by atoms with Crippen molar-refractivity contribution < 1.29 is 9.53 Å². The van der Waals surface area contributed by atoms with Crippen LogP contribution in [0.25, 0.3) is 11.4 Å². The van der Waals surface area contributed by atoms with Crippen LogP contribution in [-0.4, -0.2) is 50.3 Å². The lowest BCUT2D eigenvalue weighted by Gasteiger charge is -2.44. The number of fused-ring (bicyclic) bond motifs is 2. The molecule has 2 aromatic heterocycles. The van der Waals surface area contributed by atoms with Gasteiger partial charge in [0.1, 0.15) is 5.60 Å². The second-order valence-electron chi connectivity index (χ2n) is 8.11. The zero-order valence-corrected chi connectivity index (χ0v) is 17.3. The fraction of sp³-hybridized carbons (Fsp3) is 0.391. The summed E-state index contributed by atoms with van der Waals surface area (Å²) in [5, 5.41) is 4.34. The van der Waals surface area contributed by atoms with Crippen molar-refractivity contribution in [2.75, 3.05) is 19.7 Å². The van der Waals surface area contributed by atoms with Crippen molar-refractivity contribution in [2.45, 2.75) is 31.8 Å². The SMILES string of the molecule is Cc1cc(C(=O)N2CCC3(CC2)OCCc2cnc(-c4ccccc4)nc23)nn1C. The van der Waals surface area contributed by atoms with E-state index in [2.05, 4.69) is 10.1 Å². The normalized spacial score (nSPS) is 17.7. The molecular formula is C23H25N5O2. The molecule has 0 radical (unpaired) electrons. The van der Waals surface area contributed by atoms with E-state index in [9.17, 15) is 4.79 Å². The lowest BCUT2D eigenvalue weighted by molar-refractivity contribution is -0.0967. The second kappa shape index (κ2) is 7.32. The van der Waals surface area contributed by atoms with E-state index in [0.717, 1.165) is 47.6 Å². The van der Waals surface area contributed by atoms with Gasteiger partial charge in [-0.15, -0.1) is 0 Å². The van der Waals surface area contributed by atoms with Gasteiger partial charge in [-0.2, -0.15) is 5.10 Å². The lowest BCUT2D eigenvalue weighted by atomic mass is 9.83. The minimum atomic E-state index is -0.448. The molecule has 7 nitrogen and oxygen atoms in total. The van der Waals surface area contributed by atoms with Crippen LogP contribution in [0.15, 0.2) is 42.6 Å². The molecule has 1 saturated heterocycles. The molecule has 0 saturated carbocycles. The summed E-state index contributed by atoms with van der Waals surface area (Å²) >= 11 is 0. The maximum atomic E-state index is 12.9. The van der Waals surface area contributed by atoms with E-state index in [1.807, 2.05) is 61.5 Å². The molecule has 5 rings (SSSR count). The van der Waals surface area contributed by atoms with Gasteiger partial charge >= 0.3 is 0 Å². The number of ether oxygens (including phenoxy) is 1. The van der Waals surface area contributed by atoms with Gasteiger partial charge < -0.3 is 9.64 Å². The van der Waals surface area contributed by atoms with Crippen LogP contribution in [0.2, 0.25) is 0 Å². The average molecular weight is 403 g/mol. The van der Waals surface area contributed by atoms with Gasteiger partial charge in [-0.1, -0.05) is 30.3 Å². The number of hydrogen-bond acceptors (Lipinski definition) is 5. The number of carbonyl (C=O) groups is 1. The second-order valence-corrected chi connectivity index (χ2v) is 8.11. The predicted octanol–water partition coefficient (Wildman–Crippen LogP) is 2.89. The molecule has 2 aliphatic heterocycles. The highest BCUT2D eigenvalue weighted by Crippen LogP contribution is 2.41. The standard InChI is InChI=1S/C23H25N5O2/c1-16-14-19(26-27(16)2)22(29)28-11-9-23(10-12-28)20-18(8-13-30-23)15-24-21(25-20)17-6-4-3-5-7-17/h3-7,14-15H,8-13H2,1-2H3. The van der Waals surface area contributed by atoms with Gasteiger partial charge in [0.05, 0.1) is 12.3 Å². The van der Waals surface area contributed by atoms with E-state index < -0.39 is 5.60 Å². The molecule has 1 spiro atoms. The number of hydrogen-bond donors (Lipinski definition) is 0. The van der Waals surface area contributed by atoms with E-state index in [0.29, 0.717) is 25.4 Å². The monoisotopic (exact) mass is 403 g/mol. The summed E-state index contributed by atoms with van der Waals surface area (Å²) in [4.78, 5) is 24.3. The smallest absolute Gasteiger partial charge is 0.274 e. The molecule has 7 heteroatoms. The molecular weight excluding hydrogens is 378 g/mol. The van der Waals surface area contributed by atoms with Crippen molar-refractivity contribution in [3.05, 3.63) is 65.2 Å². The Labute approximate surface area is 175 Å². The molecule has 1 amide bonds. The van der Waals surface area contributed by atoms with Gasteiger partial charge in [0, 0.05) is 37.6 Å². The third kappa shape index (κ3) is 3.19. The first-order valence-electron chi connectivity index (χ1n) is 10.4. The Morgan fingerprint density at radius 3 is 2.63 bits per heavy atom. The van der Waals surface area contributed by atoms with Crippen molar-refractivity contribution in [1.82, 2.24) is 24.6 Å². The topological polar surface area (TPSA) is 73.1 Å². The molecule has 30 heavy (non-hydrogen) atoms. The summed E-state index contributed by atoms with van der Waals surface area (Å²) in [7, 11) is 1.86. The molecule has 0 aliphatic carbocycles. The number of nitrogens with zero attached hydrogens (tertiary/aromatic N) is 5. The number of amides is 1. The molecule has 154 valence electrons. The van der Waals surface area contributed by atoms with Crippen molar-refractivity contribution in [2.24, 2.45) is 7.05 Å². The van der Waals surface area contributed by atoms with Gasteiger partial charge in [0.15, 0.2) is 11.5 Å². The summed E-state index contributed by atoms with van der Waals surface area (Å²) in [6.07, 6.45) is 4.22. The Hall–Kier alpha value is -3.06. The minimum absolute atomic E-state index is 0.0164. The number of benzene rings is 1. The summed E-state index contributed by atoms with van der Waals surface area (Å²) in [6.45, 7) is 3.86. The maximum Gasteiger partial charge on any atom is 0.274 e. The quantitative estimate of drug-likeness (QED) is 0.658. The summed E-state index contributed by atoms with van der Waals surface area (Å²) < 4.78 is 8.07. The number of carbonyl (C=O) groups excluding carboxylic acids is 1. The molecule has 1 aromatic carbocycles. The molecule has 0 N–H and O–H groups in total. The first-order chi connectivity index (χ1) is 14.6. The van der Waals surface area contributed by atoms with Gasteiger partial charge in [-0.05, 0) is 37.8 Å². The summed E-state index contributed by atoms with van der Waals surface area (Å²) in [5.41, 5.74) is 4.17. The van der Waals surface area contributed by atoms with E-state index in [1.165, 1.54) is 0 Å². The minimum Gasteiger partial charge on any atom is -0.368 e. The van der Waals surface area contributed by atoms with Crippen LogP contribution in [0.1, 0.15) is 40.3 Å². The van der Waals surface area contributed by atoms with Gasteiger partial charge in [0.2, 0.25) is 0 Å². The Morgan fingerprint density at radius 1 is 1.17 bits per heavy atom. The van der Waals surface area contributed by atoms with E-state index in [1.54, 1.807) is 4.68 Å². The molecule has 1 fully saturated rings. The number of likely N-dealkylation sites (tertiary alicyclic amines) is 1. The summed E-state index contributed by atoms with van der Waals surface area (Å²) in [6, 6.07) is 11.9. The highest BCUT2D eigenvalue weighted by atomic mass is 16.5. The van der Waals surface area contributed by atoms with E-state index in [-0.39, 0.29) is 5.91 Å². The first-order valence-corrected chi connectivity index (χ1v) is 10.4. The number of piperidine rings is 1. The molecule has 3 aromatic rings. The van der Waals surface area contributed by atoms with Gasteiger partial charge in [0.25, 0.3) is 5.91 Å². The molecule has 0 unspecified atom stereocenters. The average Bonchev–Trinajstić information content (AvgIpc) is 3.13. The van der Waals surface area contributed by atoms with Crippen LogP contribution in [0, 0.1) is 6.92 Å². The maximum absolute atomic E-state index is 12.9. The van der Waals surface area contributed by atoms with Crippen molar-refractivity contribution in [3.63, 3.8) is 0 Å². The van der Waals surface area contributed by atoms with E-state index in [4.69, 9.17) is 9.72 Å². The Morgan fingerprint density at radius 2 is 1.93 bits per heavy atom. The predicted molar refractivity (Wildman–Crippen MR) is 112 cm³/mol. The lowest BCUT2D eigenvalue weighted by Crippen LogP contribution is -2.49. The van der Waals surface area contributed by atoms with Crippen LogP contribution in [-0.2, 0) is 23.8 Å². The van der Waals surface area contributed by atoms with Crippen molar-refractivity contribution >= 4 is 5.91 Å². The van der Waals surface area contributed by atoms with Crippen LogP contribution in [0.4, 0.5) is 0 Å². The summed E-state index contributed by atoms with van der Waals surface area (Å²) in [5.74, 6) is 0.707. The third-order valence-corrected chi connectivity index (χ3v) is 6.27. The molecule has 2 aliphatic rings. The molecule has 4 heterocycles. The van der Waals surface area contributed by atoms with Crippen LogP contribution >= 0.6 is 0 Å². The molecule has 0 atom stereocenters. The van der Waals surface area contributed by atoms with E-state index >= 15 is 0 Å². The highest BCUT2D eigenvalue weighted by Gasteiger charge is 2.43. The van der Waals surface area contributed by atoms with Crippen LogP contribution in [0.5, 0.6) is 0 Å². The first kappa shape index (κ1) is 18.9. The van der Waals surface area contributed by atoms with Crippen molar-refractivity contribution in [1.29, 1.82) is 0 Å². The van der Waals surface area contributed by atoms with Gasteiger partial charge in [-0.3, -0.25) is 9.48 Å². The number of rotatable bonds is 2. The molecule has 0 bridgehead atoms. The number of aryl methyl sites for hydroxylation is 2. The van der Waals surface area contributed by atoms with Crippen LogP contribution in [0.3, 0.4) is 0 Å². The Kier molecular flexibility index (Phi) is 4.62. The van der Waals surface area contributed by atoms with Crippen molar-refractivity contribution in [3.8, 4) is 11.4 Å². The van der Waals surface area contributed by atoms with Gasteiger partial charge in [-0.25, -0.2) is 9.97 Å². The Bertz CT molecular complexity index is 1060. The zero-order valence-electron chi connectivity index (χ0n) is 17.3. The fourth-order valence-electron chi connectivity index (χ4n) is 4.41. The number of aromatic nitrogens is 4. The highest BCUT2D eigenvalue weighted by molar-refractivity contribution is 5.92. The Balaban J connectivity index is 1.40.